The van der Waals surface area contributed by atoms with Crippen LogP contribution in [0, 0.1) is 0 Å². The Bertz CT molecular complexity index is 1070. The first-order chi connectivity index (χ1) is 15.6. The fraction of sp³-hybridized carbons (Fsp3) is 0.478. The highest BCUT2D eigenvalue weighted by atomic mass is 32.2. The van der Waals surface area contributed by atoms with Crippen molar-refractivity contribution < 1.29 is 17.6 Å². The van der Waals surface area contributed by atoms with Crippen LogP contribution in [0.2, 0.25) is 0 Å². The topological polar surface area (TPSA) is 63.0 Å². The van der Waals surface area contributed by atoms with Crippen molar-refractivity contribution in [2.75, 3.05) is 5.32 Å². The summed E-state index contributed by atoms with van der Waals surface area (Å²) in [5.41, 5.74) is 0.160. The number of rotatable bonds is 6. The van der Waals surface area contributed by atoms with Gasteiger partial charge in [0, 0.05) is 27.6 Å². The van der Waals surface area contributed by atoms with E-state index in [1.165, 1.54) is 35.7 Å². The largest absolute Gasteiger partial charge is 0.434 e. The number of halogens is 3. The van der Waals surface area contributed by atoms with Gasteiger partial charge in [0.25, 0.3) is 6.01 Å². The van der Waals surface area contributed by atoms with E-state index in [4.69, 9.17) is 4.42 Å². The fourth-order valence-corrected chi connectivity index (χ4v) is 5.97. The molecule has 1 saturated carbocycles. The normalized spacial score (nSPS) is 15.7. The minimum Gasteiger partial charge on any atom is -0.432 e. The molecule has 2 aromatic heterocycles. The molecule has 2 N–H and O–H groups in total. The smallest absolute Gasteiger partial charge is 0.432 e. The molecule has 2 heterocycles. The van der Waals surface area contributed by atoms with Gasteiger partial charge in [-0.1, -0.05) is 25.3 Å². The summed E-state index contributed by atoms with van der Waals surface area (Å²) >= 11 is 2.49. The minimum atomic E-state index is -4.52. The molecule has 0 unspecified atom stereocenters. The molecule has 33 heavy (non-hydrogen) atoms. The summed E-state index contributed by atoms with van der Waals surface area (Å²) in [6, 6.07) is 5.57. The number of nitrogens with zero attached hydrogens (tertiary/aromatic N) is 2. The summed E-state index contributed by atoms with van der Waals surface area (Å²) in [7, 11) is 0. The van der Waals surface area contributed by atoms with Gasteiger partial charge >= 0.3 is 6.18 Å². The van der Waals surface area contributed by atoms with E-state index in [2.05, 4.69) is 20.0 Å². The van der Waals surface area contributed by atoms with Crippen LogP contribution in [-0.4, -0.2) is 15.5 Å². The highest BCUT2D eigenvalue weighted by Crippen LogP contribution is 2.47. The summed E-state index contributed by atoms with van der Waals surface area (Å²) in [5.74, 6) is 0.105. The SMILES string of the molecule is CC(C)(C)NSc1cc(Nc2ncco2)ccc1-c1sc(C2CCCCC2)nc1C(F)(F)F. The van der Waals surface area contributed by atoms with Crippen LogP contribution in [0.1, 0.15) is 69.5 Å². The molecule has 0 bridgehead atoms. The number of nitrogens with one attached hydrogen (secondary N) is 2. The van der Waals surface area contributed by atoms with E-state index in [-0.39, 0.29) is 16.3 Å². The van der Waals surface area contributed by atoms with E-state index in [0.29, 0.717) is 27.2 Å². The molecular formula is C23H27F3N4OS2. The molecule has 0 aliphatic heterocycles. The Hall–Kier alpha value is -2.04. The molecule has 3 aromatic rings. The summed E-state index contributed by atoms with van der Waals surface area (Å²) < 4.78 is 50.7. The van der Waals surface area contributed by atoms with Gasteiger partial charge in [-0.3, -0.25) is 4.72 Å². The maximum absolute atomic E-state index is 14.0. The van der Waals surface area contributed by atoms with Crippen molar-refractivity contribution in [3.8, 4) is 10.4 Å². The third kappa shape index (κ3) is 6.10. The zero-order chi connectivity index (χ0) is 23.6. The van der Waals surface area contributed by atoms with Crippen LogP contribution < -0.4 is 10.0 Å². The van der Waals surface area contributed by atoms with Crippen LogP contribution in [0.4, 0.5) is 24.9 Å². The Morgan fingerprint density at radius 1 is 1.12 bits per heavy atom. The van der Waals surface area contributed by atoms with Gasteiger partial charge in [-0.25, -0.2) is 9.97 Å². The van der Waals surface area contributed by atoms with Crippen LogP contribution >= 0.6 is 23.3 Å². The Labute approximate surface area is 199 Å². The summed E-state index contributed by atoms with van der Waals surface area (Å²) in [5, 5.41) is 3.64. The van der Waals surface area contributed by atoms with Gasteiger partial charge in [0.15, 0.2) is 5.69 Å². The van der Waals surface area contributed by atoms with E-state index >= 15 is 0 Å². The van der Waals surface area contributed by atoms with Crippen LogP contribution in [0.25, 0.3) is 10.4 Å². The third-order valence-corrected chi connectivity index (χ3v) is 7.77. The predicted molar refractivity (Wildman–Crippen MR) is 127 cm³/mol. The van der Waals surface area contributed by atoms with Crippen LogP contribution in [0.15, 0.2) is 40.0 Å². The summed E-state index contributed by atoms with van der Waals surface area (Å²) in [4.78, 5) is 9.03. The average molecular weight is 497 g/mol. The lowest BCUT2D eigenvalue weighted by Gasteiger charge is -2.21. The van der Waals surface area contributed by atoms with Crippen molar-refractivity contribution in [2.24, 2.45) is 0 Å². The van der Waals surface area contributed by atoms with Crippen molar-refractivity contribution in [2.45, 2.75) is 75.4 Å². The number of anilines is 2. The lowest BCUT2D eigenvalue weighted by molar-refractivity contribution is -0.140. The molecular weight excluding hydrogens is 469 g/mol. The second-order valence-electron chi connectivity index (χ2n) is 9.19. The summed E-state index contributed by atoms with van der Waals surface area (Å²) in [6.45, 7) is 6.01. The average Bonchev–Trinajstić information content (AvgIpc) is 3.42. The first-order valence-electron chi connectivity index (χ1n) is 10.9. The monoisotopic (exact) mass is 496 g/mol. The fourth-order valence-electron chi connectivity index (χ4n) is 3.72. The van der Waals surface area contributed by atoms with Crippen LogP contribution in [-0.2, 0) is 6.18 Å². The number of thiazole rings is 1. The molecule has 1 aliphatic carbocycles. The molecule has 1 fully saturated rings. The molecule has 4 rings (SSSR count). The first-order valence-corrected chi connectivity index (χ1v) is 12.6. The lowest BCUT2D eigenvalue weighted by Crippen LogP contribution is -2.29. The molecule has 5 nitrogen and oxygen atoms in total. The maximum Gasteiger partial charge on any atom is 0.434 e. The molecule has 0 amide bonds. The zero-order valence-electron chi connectivity index (χ0n) is 18.8. The molecule has 0 saturated heterocycles. The Kier molecular flexibility index (Phi) is 7.07. The number of aromatic nitrogens is 2. The highest BCUT2D eigenvalue weighted by Gasteiger charge is 2.39. The number of benzene rings is 1. The number of alkyl halides is 3. The van der Waals surface area contributed by atoms with E-state index in [1.807, 2.05) is 26.8 Å². The second-order valence-corrected chi connectivity index (χ2v) is 11.1. The van der Waals surface area contributed by atoms with Crippen molar-refractivity contribution in [1.82, 2.24) is 14.7 Å². The lowest BCUT2D eigenvalue weighted by atomic mass is 9.90. The Morgan fingerprint density at radius 3 is 2.52 bits per heavy atom. The standard InChI is InChI=1S/C23H27F3N4OS2/c1-22(2,3)30-33-17-13-15(28-21-27-11-12-31-21)9-10-16(17)18-19(23(24,25)26)29-20(32-18)14-7-5-4-6-8-14/h9-14,30H,4-8H2,1-3H3,(H,27,28). The van der Waals surface area contributed by atoms with Crippen LogP contribution in [0.5, 0.6) is 0 Å². The van der Waals surface area contributed by atoms with E-state index in [0.717, 1.165) is 32.1 Å². The first kappa shape index (κ1) is 24.1. The van der Waals surface area contributed by atoms with Gasteiger partial charge < -0.3 is 9.73 Å². The molecule has 1 aliphatic rings. The van der Waals surface area contributed by atoms with Crippen molar-refractivity contribution in [3.63, 3.8) is 0 Å². The quantitative estimate of drug-likeness (QED) is 0.337. The zero-order valence-corrected chi connectivity index (χ0v) is 20.4. The van der Waals surface area contributed by atoms with Gasteiger partial charge in [0.2, 0.25) is 0 Å². The van der Waals surface area contributed by atoms with Crippen molar-refractivity contribution in [3.05, 3.63) is 41.4 Å². The van der Waals surface area contributed by atoms with Gasteiger partial charge in [0.05, 0.1) is 16.1 Å². The summed E-state index contributed by atoms with van der Waals surface area (Å²) in [6.07, 6.45) is 3.47. The van der Waals surface area contributed by atoms with Crippen molar-refractivity contribution >= 4 is 35.0 Å². The number of hydrogen-bond acceptors (Lipinski definition) is 7. The Morgan fingerprint density at radius 2 is 1.88 bits per heavy atom. The third-order valence-electron chi connectivity index (χ3n) is 5.24. The second kappa shape index (κ2) is 9.68. The van der Waals surface area contributed by atoms with Gasteiger partial charge in [-0.15, -0.1) is 11.3 Å². The van der Waals surface area contributed by atoms with Gasteiger partial charge in [-0.2, -0.15) is 13.2 Å². The van der Waals surface area contributed by atoms with Crippen LogP contribution in [0.3, 0.4) is 0 Å². The highest BCUT2D eigenvalue weighted by molar-refractivity contribution is 7.97. The van der Waals surface area contributed by atoms with E-state index in [1.54, 1.807) is 12.1 Å². The molecule has 178 valence electrons. The number of oxazole rings is 1. The molecule has 0 spiro atoms. The number of hydrogen-bond donors (Lipinski definition) is 2. The Balaban J connectivity index is 1.76. The van der Waals surface area contributed by atoms with Crippen molar-refractivity contribution in [1.29, 1.82) is 0 Å². The van der Waals surface area contributed by atoms with Gasteiger partial charge in [0.1, 0.15) is 6.26 Å². The minimum absolute atomic E-state index is 0.105. The molecule has 10 heteroatoms. The van der Waals surface area contributed by atoms with E-state index in [9.17, 15) is 13.2 Å². The molecule has 1 aromatic carbocycles. The maximum atomic E-state index is 14.0. The van der Waals surface area contributed by atoms with E-state index < -0.39 is 11.9 Å². The van der Waals surface area contributed by atoms with Gasteiger partial charge in [-0.05, 0) is 57.7 Å². The molecule has 0 atom stereocenters. The predicted octanol–water partition coefficient (Wildman–Crippen LogP) is 8.00. The molecule has 0 radical (unpaired) electrons.